The van der Waals surface area contributed by atoms with Gasteiger partial charge in [-0.1, -0.05) is 36.4 Å². The van der Waals surface area contributed by atoms with E-state index in [9.17, 15) is 9.59 Å². The van der Waals surface area contributed by atoms with E-state index in [0.717, 1.165) is 11.1 Å². The summed E-state index contributed by atoms with van der Waals surface area (Å²) in [5.74, 6) is 0.738. The van der Waals surface area contributed by atoms with Crippen molar-refractivity contribution in [3.63, 3.8) is 0 Å². The van der Waals surface area contributed by atoms with Gasteiger partial charge in [-0.25, -0.2) is 0 Å². The van der Waals surface area contributed by atoms with Gasteiger partial charge >= 0.3 is 0 Å². The van der Waals surface area contributed by atoms with Crippen molar-refractivity contribution >= 4 is 17.3 Å². The summed E-state index contributed by atoms with van der Waals surface area (Å²) in [4.78, 5) is 25.8. The number of carbonyl (C=O) groups is 1. The highest BCUT2D eigenvalue weighted by molar-refractivity contribution is 5.95. The number of carbonyl (C=O) groups excluding carboxylic acids is 1. The minimum atomic E-state index is -0.377. The molecule has 0 aliphatic rings. The number of benzene rings is 3. The van der Waals surface area contributed by atoms with Crippen LogP contribution in [0, 0.1) is 13.8 Å². The van der Waals surface area contributed by atoms with Crippen LogP contribution in [0.3, 0.4) is 0 Å². The molecule has 0 spiro atoms. The molecule has 1 amide bonds. The summed E-state index contributed by atoms with van der Waals surface area (Å²) in [7, 11) is 0. The molecule has 7 heteroatoms. The molecule has 0 fully saturated rings. The molecule has 0 bridgehead atoms. The summed E-state index contributed by atoms with van der Waals surface area (Å²) >= 11 is 0. The number of hydrogen-bond donors (Lipinski definition) is 2. The molecule has 0 aliphatic heterocycles. The third-order valence-electron chi connectivity index (χ3n) is 5.45. The Hall–Kier alpha value is -4.39. The molecule has 172 valence electrons. The van der Waals surface area contributed by atoms with Gasteiger partial charge in [-0.3, -0.25) is 9.59 Å². The molecule has 34 heavy (non-hydrogen) atoms. The van der Waals surface area contributed by atoms with Crippen LogP contribution < -0.4 is 20.9 Å². The second kappa shape index (κ2) is 10.0. The first kappa shape index (κ1) is 22.8. The lowest BCUT2D eigenvalue weighted by molar-refractivity contribution is 0.0956. The molecule has 4 rings (SSSR count). The zero-order valence-electron chi connectivity index (χ0n) is 19.3. The second-order valence-electron chi connectivity index (χ2n) is 7.80. The first-order valence-electron chi connectivity index (χ1n) is 11.0. The van der Waals surface area contributed by atoms with Crippen LogP contribution >= 0.6 is 0 Å². The van der Waals surface area contributed by atoms with Gasteiger partial charge in [-0.15, -0.1) is 0 Å². The van der Waals surface area contributed by atoms with E-state index < -0.39 is 0 Å². The van der Waals surface area contributed by atoms with Gasteiger partial charge in [0.05, 0.1) is 11.9 Å². The van der Waals surface area contributed by atoms with Crippen LogP contribution in [-0.2, 0) is 0 Å². The third-order valence-corrected chi connectivity index (χ3v) is 5.45. The van der Waals surface area contributed by atoms with Crippen molar-refractivity contribution in [1.82, 2.24) is 15.1 Å². The summed E-state index contributed by atoms with van der Waals surface area (Å²) in [5.41, 5.74) is 3.58. The minimum absolute atomic E-state index is 0.186. The SMILES string of the molecule is CCNC(=O)c1cccc(Nc2c(Oc3cccc(C)c3C)cnn(-c3ccccc3)c2=O)c1. The van der Waals surface area contributed by atoms with Crippen LogP contribution in [0.15, 0.2) is 83.8 Å². The molecule has 1 aromatic heterocycles. The maximum absolute atomic E-state index is 13.5. The highest BCUT2D eigenvalue weighted by atomic mass is 16.5. The van der Waals surface area contributed by atoms with E-state index in [-0.39, 0.29) is 22.9 Å². The number of hydrogen-bond acceptors (Lipinski definition) is 5. The number of amides is 1. The molecule has 2 N–H and O–H groups in total. The van der Waals surface area contributed by atoms with Crippen LogP contribution in [0.1, 0.15) is 28.4 Å². The fourth-order valence-electron chi connectivity index (χ4n) is 3.48. The standard InChI is InChI=1S/C27H26N4O3/c1-4-28-26(32)20-11-9-12-21(16-20)30-25-24(34-23-15-8-10-18(2)19(23)3)17-29-31(27(25)33)22-13-6-5-7-14-22/h5-17,30H,4H2,1-3H3,(H,28,32). The van der Waals surface area contributed by atoms with Crippen molar-refractivity contribution in [3.05, 3.63) is 106 Å². The van der Waals surface area contributed by atoms with Gasteiger partial charge in [0.1, 0.15) is 5.75 Å². The van der Waals surface area contributed by atoms with Crippen LogP contribution in [-0.4, -0.2) is 22.2 Å². The minimum Gasteiger partial charge on any atom is -0.453 e. The molecule has 0 saturated heterocycles. The Balaban J connectivity index is 1.80. The van der Waals surface area contributed by atoms with Gasteiger partial charge < -0.3 is 15.4 Å². The fraction of sp³-hybridized carbons (Fsp3) is 0.148. The van der Waals surface area contributed by atoms with Gasteiger partial charge in [0.2, 0.25) is 0 Å². The van der Waals surface area contributed by atoms with E-state index in [1.807, 2.05) is 57.2 Å². The Morgan fingerprint density at radius 3 is 2.50 bits per heavy atom. The number of aromatic nitrogens is 2. The van der Waals surface area contributed by atoms with Gasteiger partial charge in [-0.2, -0.15) is 9.78 Å². The van der Waals surface area contributed by atoms with Crippen molar-refractivity contribution in [2.45, 2.75) is 20.8 Å². The van der Waals surface area contributed by atoms with E-state index in [0.29, 0.717) is 29.2 Å². The predicted octanol–water partition coefficient (Wildman–Crippen LogP) is 5.13. The normalized spacial score (nSPS) is 10.6. The summed E-state index contributed by atoms with van der Waals surface area (Å²) in [6.07, 6.45) is 1.52. The number of ether oxygens (including phenoxy) is 1. The summed E-state index contributed by atoms with van der Waals surface area (Å²) < 4.78 is 7.48. The second-order valence-corrected chi connectivity index (χ2v) is 7.80. The molecule has 0 atom stereocenters. The number of rotatable bonds is 7. The Bertz CT molecular complexity index is 1380. The quantitative estimate of drug-likeness (QED) is 0.404. The molecule has 4 aromatic rings. The van der Waals surface area contributed by atoms with E-state index in [1.165, 1.54) is 10.9 Å². The molecule has 7 nitrogen and oxygen atoms in total. The number of para-hydroxylation sites is 1. The molecular weight excluding hydrogens is 428 g/mol. The third kappa shape index (κ3) is 4.83. The number of nitrogens with one attached hydrogen (secondary N) is 2. The van der Waals surface area contributed by atoms with Crippen molar-refractivity contribution in [3.8, 4) is 17.2 Å². The largest absolute Gasteiger partial charge is 0.453 e. The lowest BCUT2D eigenvalue weighted by Crippen LogP contribution is -2.24. The van der Waals surface area contributed by atoms with Crippen LogP contribution in [0.25, 0.3) is 5.69 Å². The van der Waals surface area contributed by atoms with Crippen LogP contribution in [0.2, 0.25) is 0 Å². The maximum Gasteiger partial charge on any atom is 0.299 e. The van der Waals surface area contributed by atoms with E-state index >= 15 is 0 Å². The van der Waals surface area contributed by atoms with E-state index in [2.05, 4.69) is 15.7 Å². The average molecular weight is 455 g/mol. The molecular formula is C27H26N4O3. The zero-order chi connectivity index (χ0) is 24.1. The molecule has 0 unspecified atom stereocenters. The molecule has 0 saturated carbocycles. The highest BCUT2D eigenvalue weighted by Gasteiger charge is 2.17. The number of anilines is 2. The molecule has 3 aromatic carbocycles. The lowest BCUT2D eigenvalue weighted by atomic mass is 10.1. The van der Waals surface area contributed by atoms with Gasteiger partial charge in [0.15, 0.2) is 11.4 Å². The molecule has 0 aliphatic carbocycles. The predicted molar refractivity (Wildman–Crippen MR) is 134 cm³/mol. The topological polar surface area (TPSA) is 85.2 Å². The van der Waals surface area contributed by atoms with Crippen LogP contribution in [0.5, 0.6) is 11.5 Å². The van der Waals surface area contributed by atoms with Gasteiger partial charge in [0.25, 0.3) is 11.5 Å². The first-order valence-corrected chi connectivity index (χ1v) is 11.0. The van der Waals surface area contributed by atoms with Crippen LogP contribution in [0.4, 0.5) is 11.4 Å². The molecule has 1 heterocycles. The lowest BCUT2D eigenvalue weighted by Gasteiger charge is -2.16. The Morgan fingerprint density at radius 1 is 0.971 bits per heavy atom. The van der Waals surface area contributed by atoms with E-state index in [1.54, 1.807) is 36.4 Å². The zero-order valence-corrected chi connectivity index (χ0v) is 19.3. The summed E-state index contributed by atoms with van der Waals surface area (Å²) in [6.45, 7) is 6.35. The van der Waals surface area contributed by atoms with Crippen molar-refractivity contribution < 1.29 is 9.53 Å². The Morgan fingerprint density at radius 2 is 1.74 bits per heavy atom. The summed E-state index contributed by atoms with van der Waals surface area (Å²) in [5, 5.41) is 10.3. The van der Waals surface area contributed by atoms with Gasteiger partial charge in [0, 0.05) is 17.8 Å². The average Bonchev–Trinajstić information content (AvgIpc) is 2.85. The fourth-order valence-corrected chi connectivity index (χ4v) is 3.48. The molecule has 0 radical (unpaired) electrons. The first-order chi connectivity index (χ1) is 16.5. The van der Waals surface area contributed by atoms with Gasteiger partial charge in [-0.05, 0) is 68.3 Å². The number of aryl methyl sites for hydroxylation is 1. The Labute approximate surface area is 198 Å². The van der Waals surface area contributed by atoms with E-state index in [4.69, 9.17) is 4.74 Å². The van der Waals surface area contributed by atoms with Crippen molar-refractivity contribution in [2.75, 3.05) is 11.9 Å². The van der Waals surface area contributed by atoms with Crippen molar-refractivity contribution in [1.29, 1.82) is 0 Å². The summed E-state index contributed by atoms with van der Waals surface area (Å²) in [6, 6.07) is 21.9. The number of nitrogens with zero attached hydrogens (tertiary/aromatic N) is 2. The Kier molecular flexibility index (Phi) is 6.73. The smallest absolute Gasteiger partial charge is 0.299 e. The van der Waals surface area contributed by atoms with Crippen molar-refractivity contribution in [2.24, 2.45) is 0 Å². The maximum atomic E-state index is 13.5. The monoisotopic (exact) mass is 454 g/mol. The highest BCUT2D eigenvalue weighted by Crippen LogP contribution is 2.31.